The first-order chi connectivity index (χ1) is 9.90. The minimum atomic E-state index is -3.74. The van der Waals surface area contributed by atoms with Crippen molar-refractivity contribution in [2.24, 2.45) is 5.14 Å². The maximum atomic E-state index is 12.9. The van der Waals surface area contributed by atoms with E-state index in [2.05, 4.69) is 11.4 Å². The Labute approximate surface area is 121 Å². The standard InChI is InChI=1S/C14H12FN3O2S/c15-11-3-1-10(2-4-11)14(9-16)18-12-5-7-13(8-6-12)21(17,19)20/h1-8,14,18H,(H2,17,19,20). The van der Waals surface area contributed by atoms with Gasteiger partial charge in [-0.3, -0.25) is 0 Å². The van der Waals surface area contributed by atoms with Crippen molar-refractivity contribution in [1.29, 1.82) is 5.26 Å². The molecule has 0 spiro atoms. The quantitative estimate of drug-likeness (QED) is 0.904. The summed E-state index contributed by atoms with van der Waals surface area (Å²) in [6.07, 6.45) is 0. The highest BCUT2D eigenvalue weighted by molar-refractivity contribution is 7.89. The van der Waals surface area contributed by atoms with Gasteiger partial charge in [0.2, 0.25) is 10.0 Å². The van der Waals surface area contributed by atoms with E-state index < -0.39 is 16.1 Å². The first-order valence-corrected chi connectivity index (χ1v) is 7.49. The molecule has 0 heterocycles. The van der Waals surface area contributed by atoms with Crippen LogP contribution in [0.1, 0.15) is 11.6 Å². The number of rotatable bonds is 4. The topological polar surface area (TPSA) is 96.0 Å². The van der Waals surface area contributed by atoms with E-state index in [1.165, 1.54) is 48.5 Å². The van der Waals surface area contributed by atoms with Gasteiger partial charge < -0.3 is 5.32 Å². The lowest BCUT2D eigenvalue weighted by atomic mass is 10.1. The number of hydrogen-bond donors (Lipinski definition) is 2. The van der Waals surface area contributed by atoms with Crippen molar-refractivity contribution in [1.82, 2.24) is 0 Å². The van der Waals surface area contributed by atoms with Crippen LogP contribution < -0.4 is 10.5 Å². The lowest BCUT2D eigenvalue weighted by Gasteiger charge is -2.13. The van der Waals surface area contributed by atoms with Gasteiger partial charge in [0.15, 0.2) is 0 Å². The molecule has 0 amide bonds. The number of nitrogens with two attached hydrogens (primary N) is 1. The summed E-state index contributed by atoms with van der Waals surface area (Å²) in [6, 6.07) is 12.6. The Kier molecular flexibility index (Phi) is 4.21. The van der Waals surface area contributed by atoms with Gasteiger partial charge in [0, 0.05) is 5.69 Å². The van der Waals surface area contributed by atoms with Gasteiger partial charge in [0.05, 0.1) is 11.0 Å². The molecule has 0 aliphatic heterocycles. The monoisotopic (exact) mass is 305 g/mol. The van der Waals surface area contributed by atoms with Crippen molar-refractivity contribution >= 4 is 15.7 Å². The molecule has 2 rings (SSSR count). The average Bonchev–Trinajstić information content (AvgIpc) is 2.45. The Morgan fingerprint density at radius 1 is 1.10 bits per heavy atom. The third-order valence-corrected chi connectivity index (χ3v) is 3.76. The highest BCUT2D eigenvalue weighted by Gasteiger charge is 2.11. The Morgan fingerprint density at radius 2 is 1.67 bits per heavy atom. The SMILES string of the molecule is N#CC(Nc1ccc(S(N)(=O)=O)cc1)c1ccc(F)cc1. The summed E-state index contributed by atoms with van der Waals surface area (Å²) in [5.74, 6) is -0.382. The lowest BCUT2D eigenvalue weighted by molar-refractivity contribution is 0.598. The molecular weight excluding hydrogens is 293 g/mol. The fourth-order valence-electron chi connectivity index (χ4n) is 1.75. The largest absolute Gasteiger partial charge is 0.366 e. The summed E-state index contributed by atoms with van der Waals surface area (Å²) in [5, 5.41) is 17.1. The second kappa shape index (κ2) is 5.91. The smallest absolute Gasteiger partial charge is 0.238 e. The van der Waals surface area contributed by atoms with E-state index in [0.29, 0.717) is 11.3 Å². The highest BCUT2D eigenvalue weighted by atomic mass is 32.2. The summed E-state index contributed by atoms with van der Waals surface area (Å²) >= 11 is 0. The molecule has 5 nitrogen and oxygen atoms in total. The van der Waals surface area contributed by atoms with E-state index in [-0.39, 0.29) is 10.7 Å². The predicted octanol–water partition coefficient (Wildman–Crippen LogP) is 2.15. The molecule has 0 saturated heterocycles. The molecule has 2 aromatic rings. The third kappa shape index (κ3) is 3.78. The van der Waals surface area contributed by atoms with Crippen LogP contribution in [0.2, 0.25) is 0 Å². The Bertz CT molecular complexity index is 765. The van der Waals surface area contributed by atoms with Crippen LogP contribution in [0.5, 0.6) is 0 Å². The number of sulfonamides is 1. The zero-order valence-corrected chi connectivity index (χ0v) is 11.6. The average molecular weight is 305 g/mol. The number of nitrogens with one attached hydrogen (secondary N) is 1. The predicted molar refractivity (Wildman–Crippen MR) is 76.2 cm³/mol. The normalized spacial score (nSPS) is 12.4. The van der Waals surface area contributed by atoms with E-state index in [0.717, 1.165) is 0 Å². The van der Waals surface area contributed by atoms with Gasteiger partial charge >= 0.3 is 0 Å². The van der Waals surface area contributed by atoms with Gasteiger partial charge in [-0.15, -0.1) is 0 Å². The second-order valence-electron chi connectivity index (χ2n) is 4.33. The molecule has 7 heteroatoms. The van der Waals surface area contributed by atoms with Crippen molar-refractivity contribution in [2.45, 2.75) is 10.9 Å². The molecule has 0 bridgehead atoms. The third-order valence-electron chi connectivity index (χ3n) is 2.83. The summed E-state index contributed by atoms with van der Waals surface area (Å²) < 4.78 is 35.2. The molecule has 1 unspecified atom stereocenters. The summed E-state index contributed by atoms with van der Waals surface area (Å²) in [7, 11) is -3.74. The number of nitrogens with zero attached hydrogens (tertiary/aromatic N) is 1. The zero-order valence-electron chi connectivity index (χ0n) is 10.8. The van der Waals surface area contributed by atoms with E-state index in [9.17, 15) is 18.1 Å². The number of primary sulfonamides is 1. The van der Waals surface area contributed by atoms with Crippen LogP contribution in [0.25, 0.3) is 0 Å². The molecular formula is C14H12FN3O2S. The maximum Gasteiger partial charge on any atom is 0.238 e. The molecule has 3 N–H and O–H groups in total. The van der Waals surface area contributed by atoms with Crippen molar-refractivity contribution < 1.29 is 12.8 Å². The van der Waals surface area contributed by atoms with Crippen LogP contribution >= 0.6 is 0 Å². The molecule has 21 heavy (non-hydrogen) atoms. The van der Waals surface area contributed by atoms with Crippen LogP contribution in [-0.4, -0.2) is 8.42 Å². The van der Waals surface area contributed by atoms with E-state index in [1.54, 1.807) is 0 Å². The van der Waals surface area contributed by atoms with Gasteiger partial charge in [0.1, 0.15) is 11.9 Å². The molecule has 0 fully saturated rings. The molecule has 108 valence electrons. The van der Waals surface area contributed by atoms with Gasteiger partial charge in [-0.2, -0.15) is 5.26 Å². The van der Waals surface area contributed by atoms with E-state index in [4.69, 9.17) is 5.14 Å². The van der Waals surface area contributed by atoms with Gasteiger partial charge in [0.25, 0.3) is 0 Å². The molecule has 0 aliphatic rings. The van der Waals surface area contributed by atoms with E-state index in [1.807, 2.05) is 0 Å². The van der Waals surface area contributed by atoms with Crippen LogP contribution in [0, 0.1) is 17.1 Å². The molecule has 0 saturated carbocycles. The number of nitriles is 1. The summed E-state index contributed by atoms with van der Waals surface area (Å²) in [6.45, 7) is 0. The van der Waals surface area contributed by atoms with Crippen LogP contribution in [-0.2, 0) is 10.0 Å². The second-order valence-corrected chi connectivity index (χ2v) is 5.89. The Morgan fingerprint density at radius 3 is 2.14 bits per heavy atom. The fourth-order valence-corrected chi connectivity index (χ4v) is 2.27. The van der Waals surface area contributed by atoms with Gasteiger partial charge in [-0.05, 0) is 42.0 Å². The Hall–Kier alpha value is -2.43. The van der Waals surface area contributed by atoms with E-state index >= 15 is 0 Å². The zero-order chi connectivity index (χ0) is 15.5. The number of halogens is 1. The summed E-state index contributed by atoms with van der Waals surface area (Å²) in [4.78, 5) is -0.0108. The van der Waals surface area contributed by atoms with Gasteiger partial charge in [-0.1, -0.05) is 12.1 Å². The van der Waals surface area contributed by atoms with Crippen molar-refractivity contribution in [2.75, 3.05) is 5.32 Å². The number of anilines is 1. The van der Waals surface area contributed by atoms with Crippen molar-refractivity contribution in [3.05, 3.63) is 59.9 Å². The lowest BCUT2D eigenvalue weighted by Crippen LogP contribution is -2.12. The number of hydrogen-bond acceptors (Lipinski definition) is 4. The van der Waals surface area contributed by atoms with Gasteiger partial charge in [-0.25, -0.2) is 17.9 Å². The molecule has 0 aliphatic carbocycles. The summed E-state index contributed by atoms with van der Waals surface area (Å²) in [5.41, 5.74) is 1.16. The first kappa shape index (κ1) is 15.0. The van der Waals surface area contributed by atoms with Crippen molar-refractivity contribution in [3.63, 3.8) is 0 Å². The number of benzene rings is 2. The van der Waals surface area contributed by atoms with Crippen molar-refractivity contribution in [3.8, 4) is 6.07 Å². The molecule has 0 radical (unpaired) electrons. The highest BCUT2D eigenvalue weighted by Crippen LogP contribution is 2.20. The molecule has 2 aromatic carbocycles. The van der Waals surface area contributed by atoms with Crippen LogP contribution in [0.4, 0.5) is 10.1 Å². The molecule has 0 aromatic heterocycles. The first-order valence-electron chi connectivity index (χ1n) is 5.94. The molecule has 1 atom stereocenters. The fraction of sp³-hybridized carbons (Fsp3) is 0.0714. The minimum absolute atomic E-state index is 0.0108. The Balaban J connectivity index is 2.20. The minimum Gasteiger partial charge on any atom is -0.366 e. The maximum absolute atomic E-state index is 12.9. The van der Waals surface area contributed by atoms with Crippen LogP contribution in [0.15, 0.2) is 53.4 Å². The van der Waals surface area contributed by atoms with Crippen LogP contribution in [0.3, 0.4) is 0 Å².